The average molecular weight is 313 g/mol. The zero-order chi connectivity index (χ0) is 15.6. The van der Waals surface area contributed by atoms with Gasteiger partial charge in [-0.25, -0.2) is 13.6 Å². The van der Waals surface area contributed by atoms with Crippen molar-refractivity contribution in [2.75, 3.05) is 11.1 Å². The molecule has 4 N–H and O–H groups in total. The Kier molecular flexibility index (Phi) is 4.28. The van der Waals surface area contributed by atoms with E-state index in [9.17, 15) is 13.6 Å². The van der Waals surface area contributed by atoms with Gasteiger partial charge in [-0.1, -0.05) is 17.7 Å². The molecule has 0 aliphatic rings. The van der Waals surface area contributed by atoms with E-state index in [0.717, 1.165) is 12.1 Å². The number of carboxylic acids is 1. The van der Waals surface area contributed by atoms with Crippen molar-refractivity contribution in [2.24, 2.45) is 0 Å². The molecule has 2 aromatic rings. The summed E-state index contributed by atoms with van der Waals surface area (Å²) in [7, 11) is 0. The zero-order valence-corrected chi connectivity index (χ0v) is 11.4. The summed E-state index contributed by atoms with van der Waals surface area (Å²) in [5, 5.41) is 12.0. The highest BCUT2D eigenvalue weighted by atomic mass is 35.5. The third-order valence-electron chi connectivity index (χ3n) is 2.81. The van der Waals surface area contributed by atoms with Crippen LogP contribution in [0.1, 0.15) is 15.9 Å². The maximum Gasteiger partial charge on any atom is 0.337 e. The van der Waals surface area contributed by atoms with Crippen molar-refractivity contribution in [3.63, 3.8) is 0 Å². The summed E-state index contributed by atoms with van der Waals surface area (Å²) in [6.45, 7) is -0.0456. The third kappa shape index (κ3) is 3.41. The van der Waals surface area contributed by atoms with Crippen molar-refractivity contribution in [1.29, 1.82) is 0 Å². The summed E-state index contributed by atoms with van der Waals surface area (Å²) in [5.74, 6) is -2.63. The van der Waals surface area contributed by atoms with Gasteiger partial charge in [0.15, 0.2) is 0 Å². The number of nitrogens with one attached hydrogen (secondary N) is 1. The topological polar surface area (TPSA) is 75.3 Å². The molecule has 110 valence electrons. The van der Waals surface area contributed by atoms with E-state index in [4.69, 9.17) is 22.4 Å². The molecule has 0 saturated carbocycles. The molecular weight excluding hydrogens is 302 g/mol. The van der Waals surface area contributed by atoms with Gasteiger partial charge in [0.25, 0.3) is 0 Å². The van der Waals surface area contributed by atoms with E-state index in [1.54, 1.807) is 0 Å². The summed E-state index contributed by atoms with van der Waals surface area (Å²) in [4.78, 5) is 11.2. The number of carboxylic acid groups (broad SMARTS) is 1. The van der Waals surface area contributed by atoms with E-state index in [0.29, 0.717) is 0 Å². The lowest BCUT2D eigenvalue weighted by Crippen LogP contribution is -2.09. The lowest BCUT2D eigenvalue weighted by molar-refractivity contribution is 0.0698. The Labute approximate surface area is 124 Å². The van der Waals surface area contributed by atoms with Crippen LogP contribution in [0.4, 0.5) is 20.2 Å². The van der Waals surface area contributed by atoms with E-state index in [1.807, 2.05) is 0 Å². The van der Waals surface area contributed by atoms with Gasteiger partial charge >= 0.3 is 5.97 Å². The van der Waals surface area contributed by atoms with Crippen molar-refractivity contribution in [3.8, 4) is 0 Å². The van der Waals surface area contributed by atoms with Crippen LogP contribution < -0.4 is 11.1 Å². The van der Waals surface area contributed by atoms with Crippen LogP contribution in [0.3, 0.4) is 0 Å². The summed E-state index contributed by atoms with van der Waals surface area (Å²) >= 11 is 5.95. The van der Waals surface area contributed by atoms with E-state index in [1.165, 1.54) is 18.2 Å². The number of hydrogen-bond donors (Lipinski definition) is 3. The molecule has 0 spiro atoms. The normalized spacial score (nSPS) is 10.4. The second-order valence-corrected chi connectivity index (χ2v) is 4.73. The Hall–Kier alpha value is -2.34. The van der Waals surface area contributed by atoms with Crippen LogP contribution in [0.5, 0.6) is 0 Å². The van der Waals surface area contributed by atoms with Crippen LogP contribution in [-0.2, 0) is 6.54 Å². The molecule has 21 heavy (non-hydrogen) atoms. The molecule has 2 aromatic carbocycles. The molecule has 0 heterocycles. The van der Waals surface area contributed by atoms with Crippen molar-refractivity contribution >= 4 is 28.9 Å². The number of benzene rings is 2. The summed E-state index contributed by atoms with van der Waals surface area (Å²) in [6, 6.07) is 5.76. The van der Waals surface area contributed by atoms with Gasteiger partial charge in [0, 0.05) is 23.9 Å². The van der Waals surface area contributed by atoms with Crippen LogP contribution in [0.25, 0.3) is 0 Å². The molecule has 0 amide bonds. The third-order valence-corrected chi connectivity index (χ3v) is 3.11. The second-order valence-electron chi connectivity index (χ2n) is 4.32. The van der Waals surface area contributed by atoms with Crippen molar-refractivity contribution < 1.29 is 18.7 Å². The highest BCUT2D eigenvalue weighted by molar-refractivity contribution is 6.34. The molecule has 2 rings (SSSR count). The van der Waals surface area contributed by atoms with Crippen LogP contribution in [0.2, 0.25) is 5.02 Å². The molecule has 0 unspecified atom stereocenters. The SMILES string of the molecule is Nc1cc(Cl)c(NCc2ccc(F)cc2F)c(C(=O)O)c1. The Morgan fingerprint density at radius 1 is 1.29 bits per heavy atom. The summed E-state index contributed by atoms with van der Waals surface area (Å²) in [6.07, 6.45) is 0. The van der Waals surface area contributed by atoms with Crippen LogP contribution in [0, 0.1) is 11.6 Å². The maximum absolute atomic E-state index is 13.5. The van der Waals surface area contributed by atoms with Crippen LogP contribution in [-0.4, -0.2) is 11.1 Å². The number of nitrogens with two attached hydrogens (primary N) is 1. The number of anilines is 2. The van der Waals surface area contributed by atoms with E-state index >= 15 is 0 Å². The fourth-order valence-corrected chi connectivity index (χ4v) is 2.12. The molecule has 4 nitrogen and oxygen atoms in total. The molecule has 7 heteroatoms. The van der Waals surface area contributed by atoms with Gasteiger partial charge in [-0.15, -0.1) is 0 Å². The maximum atomic E-state index is 13.5. The largest absolute Gasteiger partial charge is 0.478 e. The second kappa shape index (κ2) is 5.97. The first-order chi connectivity index (χ1) is 9.88. The quantitative estimate of drug-likeness (QED) is 0.755. The number of nitrogen functional groups attached to an aromatic ring is 1. The molecule has 0 fully saturated rings. The lowest BCUT2D eigenvalue weighted by Gasteiger charge is -2.13. The first-order valence-electron chi connectivity index (χ1n) is 5.88. The van der Waals surface area contributed by atoms with Gasteiger partial charge < -0.3 is 16.2 Å². The number of rotatable bonds is 4. The van der Waals surface area contributed by atoms with E-state index in [2.05, 4.69) is 5.32 Å². The van der Waals surface area contributed by atoms with Crippen molar-refractivity contribution in [1.82, 2.24) is 0 Å². The zero-order valence-electron chi connectivity index (χ0n) is 10.7. The minimum Gasteiger partial charge on any atom is -0.478 e. The molecule has 0 aromatic heterocycles. The predicted molar refractivity (Wildman–Crippen MR) is 76.5 cm³/mol. The van der Waals surface area contributed by atoms with Crippen molar-refractivity contribution in [2.45, 2.75) is 6.54 Å². The molecule has 0 aliphatic carbocycles. The van der Waals surface area contributed by atoms with Gasteiger partial charge in [-0.3, -0.25) is 0 Å². The lowest BCUT2D eigenvalue weighted by atomic mass is 10.1. The monoisotopic (exact) mass is 312 g/mol. The molecule has 0 bridgehead atoms. The predicted octanol–water partition coefficient (Wildman–Crippen LogP) is 3.51. The molecule has 0 atom stereocenters. The minimum absolute atomic E-state index is 0.0456. The Morgan fingerprint density at radius 3 is 2.62 bits per heavy atom. The van der Waals surface area contributed by atoms with Gasteiger partial charge in [-0.05, 0) is 18.2 Å². The highest BCUT2D eigenvalue weighted by Gasteiger charge is 2.15. The summed E-state index contributed by atoms with van der Waals surface area (Å²) in [5.41, 5.74) is 5.93. The fraction of sp³-hybridized carbons (Fsp3) is 0.0714. The summed E-state index contributed by atoms with van der Waals surface area (Å²) < 4.78 is 26.3. The average Bonchev–Trinajstić information content (AvgIpc) is 2.38. The Balaban J connectivity index is 2.29. The standard InChI is InChI=1S/C14H11ClF2N2O2/c15-11-5-9(18)4-10(14(20)21)13(11)19-6-7-1-2-8(16)3-12(7)17/h1-5,19H,6,18H2,(H,20,21). The van der Waals surface area contributed by atoms with Crippen molar-refractivity contribution in [3.05, 3.63) is 58.1 Å². The number of halogens is 3. The Bertz CT molecular complexity index is 708. The first kappa shape index (κ1) is 15.1. The van der Waals surface area contributed by atoms with E-state index < -0.39 is 17.6 Å². The van der Waals surface area contributed by atoms with Crippen LogP contribution in [0.15, 0.2) is 30.3 Å². The van der Waals surface area contributed by atoms with Gasteiger partial charge in [0.1, 0.15) is 11.6 Å². The number of carbonyl (C=O) groups is 1. The fourth-order valence-electron chi connectivity index (χ4n) is 1.82. The molecule has 0 aliphatic heterocycles. The van der Waals surface area contributed by atoms with Gasteiger partial charge in [-0.2, -0.15) is 0 Å². The first-order valence-corrected chi connectivity index (χ1v) is 6.26. The van der Waals surface area contributed by atoms with Crippen LogP contribution >= 0.6 is 11.6 Å². The number of aromatic carboxylic acids is 1. The molecule has 0 saturated heterocycles. The smallest absolute Gasteiger partial charge is 0.337 e. The van der Waals surface area contributed by atoms with Gasteiger partial charge in [0.05, 0.1) is 16.3 Å². The van der Waals surface area contributed by atoms with Gasteiger partial charge in [0.2, 0.25) is 0 Å². The number of hydrogen-bond acceptors (Lipinski definition) is 3. The Morgan fingerprint density at radius 2 is 2.00 bits per heavy atom. The molecule has 0 radical (unpaired) electrons. The minimum atomic E-state index is -1.22. The molecular formula is C14H11ClF2N2O2. The van der Waals surface area contributed by atoms with E-state index in [-0.39, 0.29) is 34.1 Å². The highest BCUT2D eigenvalue weighted by Crippen LogP contribution is 2.30.